The van der Waals surface area contributed by atoms with E-state index >= 15 is 0 Å². The van der Waals surface area contributed by atoms with Crippen LogP contribution in [0.5, 0.6) is 0 Å². The van der Waals surface area contributed by atoms with Crippen molar-refractivity contribution in [2.24, 2.45) is 5.92 Å². The van der Waals surface area contributed by atoms with Gasteiger partial charge in [-0.3, -0.25) is 14.4 Å². The Morgan fingerprint density at radius 2 is 1.89 bits per heavy atom. The Hall–Kier alpha value is -2.75. The van der Waals surface area contributed by atoms with Crippen LogP contribution in [0.1, 0.15) is 45.2 Å². The Bertz CT molecular complexity index is 1150. The maximum Gasteiger partial charge on any atom is 0.280 e. The van der Waals surface area contributed by atoms with Crippen LogP contribution in [0.2, 0.25) is 5.02 Å². The molecule has 0 saturated heterocycles. The fourth-order valence-corrected chi connectivity index (χ4v) is 5.94. The molecule has 3 atom stereocenters. The van der Waals surface area contributed by atoms with Gasteiger partial charge in [-0.25, -0.2) is 4.98 Å². The van der Waals surface area contributed by atoms with Gasteiger partial charge in [0.05, 0.1) is 11.7 Å². The molecule has 36 heavy (non-hydrogen) atoms. The third-order valence-electron chi connectivity index (χ3n) is 6.70. The second-order valence-corrected chi connectivity index (χ2v) is 11.2. The fourth-order valence-electron chi connectivity index (χ4n) is 4.72. The lowest BCUT2D eigenvalue weighted by Crippen LogP contribution is -2.55. The quantitative estimate of drug-likeness (QED) is 0.561. The molecule has 192 valence electrons. The van der Waals surface area contributed by atoms with Crippen molar-refractivity contribution in [2.45, 2.75) is 44.3 Å². The number of amides is 3. The number of hydrogen-bond donors (Lipinski definition) is 2. The first-order valence-electron chi connectivity index (χ1n) is 12.1. The molecule has 1 saturated carbocycles. The van der Waals surface area contributed by atoms with Crippen molar-refractivity contribution in [3.8, 4) is 0 Å². The van der Waals surface area contributed by atoms with Gasteiger partial charge in [0, 0.05) is 61.5 Å². The van der Waals surface area contributed by atoms with Gasteiger partial charge in [0.15, 0.2) is 5.01 Å². The molecule has 0 spiro atoms. The summed E-state index contributed by atoms with van der Waals surface area (Å²) in [6.07, 6.45) is 5.73. The average molecular weight is 530 g/mol. The second kappa shape index (κ2) is 11.5. The highest BCUT2D eigenvalue weighted by Crippen LogP contribution is 2.28. The number of benzene rings is 1. The van der Waals surface area contributed by atoms with E-state index in [0.29, 0.717) is 29.3 Å². The summed E-state index contributed by atoms with van der Waals surface area (Å²) in [5, 5.41) is 7.19. The van der Waals surface area contributed by atoms with Gasteiger partial charge >= 0.3 is 0 Å². The van der Waals surface area contributed by atoms with Crippen molar-refractivity contribution < 1.29 is 14.4 Å². The van der Waals surface area contributed by atoms with E-state index in [2.05, 4.69) is 27.6 Å². The highest BCUT2D eigenvalue weighted by atomic mass is 35.5. The minimum Gasteiger partial charge on any atom is -0.349 e. The fraction of sp³-hybridized carbons (Fsp3) is 0.462. The Morgan fingerprint density at radius 3 is 2.61 bits per heavy atom. The van der Waals surface area contributed by atoms with Crippen LogP contribution in [-0.4, -0.2) is 72.3 Å². The zero-order valence-corrected chi connectivity index (χ0v) is 22.4. The molecule has 3 amide bonds. The van der Waals surface area contributed by atoms with Crippen LogP contribution in [-0.2, 0) is 22.6 Å². The number of thiazole rings is 1. The van der Waals surface area contributed by atoms with Crippen LogP contribution < -0.4 is 10.6 Å². The Balaban J connectivity index is 1.46. The van der Waals surface area contributed by atoms with Crippen LogP contribution in [0.4, 0.5) is 0 Å². The molecule has 1 aliphatic heterocycles. The minimum absolute atomic E-state index is 0.0365. The first-order valence-corrected chi connectivity index (χ1v) is 13.3. The molecule has 10 heteroatoms. The molecule has 0 radical (unpaired) electrons. The van der Waals surface area contributed by atoms with Crippen LogP contribution in [0, 0.1) is 5.92 Å². The first kappa shape index (κ1) is 26.3. The maximum absolute atomic E-state index is 13.2. The number of hydrogen-bond acceptors (Lipinski definition) is 6. The van der Waals surface area contributed by atoms with Crippen molar-refractivity contribution in [1.82, 2.24) is 25.4 Å². The monoisotopic (exact) mass is 529 g/mol. The van der Waals surface area contributed by atoms with E-state index < -0.39 is 0 Å². The first-order chi connectivity index (χ1) is 17.2. The number of rotatable bonds is 6. The zero-order valence-electron chi connectivity index (χ0n) is 20.8. The van der Waals surface area contributed by atoms with Gasteiger partial charge in [-0.1, -0.05) is 23.7 Å². The lowest BCUT2D eigenvalue weighted by Gasteiger charge is -2.37. The van der Waals surface area contributed by atoms with Gasteiger partial charge in [0.1, 0.15) is 0 Å². The Labute approximate surface area is 220 Å². The van der Waals surface area contributed by atoms with Crippen molar-refractivity contribution in [3.05, 3.63) is 56.5 Å². The SMILES string of the molecule is CN1CCc2nc(C(=O)N[C@@H]3C[C@@H](C(=O)N(C)C)CC[C@@H]3NC(=O)C=Cc3ccc(Cl)cc3)sc2C1. The standard InChI is InChI=1S/C26H32ClN5O3S/c1-31(2)26(35)17-7-10-19(28-23(33)11-6-16-4-8-18(27)9-5-16)21(14-17)29-24(34)25-30-20-12-13-32(3)15-22(20)36-25/h4-6,8-9,11,17,19,21H,7,10,12-15H2,1-3H3,(H,28,33)(H,29,34)/t17-,19-,21+/m0/s1. The molecule has 4 rings (SSSR count). The largest absolute Gasteiger partial charge is 0.349 e. The normalized spacial score (nSPS) is 22.2. The molecule has 1 aliphatic carbocycles. The third kappa shape index (κ3) is 6.52. The molecular weight excluding hydrogens is 498 g/mol. The summed E-state index contributed by atoms with van der Waals surface area (Å²) >= 11 is 7.35. The molecule has 0 unspecified atom stereocenters. The highest BCUT2D eigenvalue weighted by molar-refractivity contribution is 7.13. The van der Waals surface area contributed by atoms with Gasteiger partial charge in [-0.05, 0) is 50.1 Å². The predicted octanol–water partition coefficient (Wildman–Crippen LogP) is 2.97. The van der Waals surface area contributed by atoms with Gasteiger partial charge in [0.2, 0.25) is 11.8 Å². The number of nitrogens with zero attached hydrogens (tertiary/aromatic N) is 3. The van der Waals surface area contributed by atoms with Gasteiger partial charge in [-0.2, -0.15) is 0 Å². The van der Waals surface area contributed by atoms with E-state index in [0.717, 1.165) is 35.6 Å². The van der Waals surface area contributed by atoms with Crippen molar-refractivity contribution in [2.75, 3.05) is 27.7 Å². The molecule has 2 aromatic rings. The molecule has 1 fully saturated rings. The van der Waals surface area contributed by atoms with Crippen LogP contribution in [0.15, 0.2) is 30.3 Å². The smallest absolute Gasteiger partial charge is 0.280 e. The summed E-state index contributed by atoms with van der Waals surface area (Å²) in [5.74, 6) is -0.675. The van der Waals surface area contributed by atoms with Gasteiger partial charge < -0.3 is 20.4 Å². The number of carbonyl (C=O) groups is 3. The van der Waals surface area contributed by atoms with Crippen molar-refractivity contribution >= 4 is 46.7 Å². The van der Waals surface area contributed by atoms with Crippen molar-refractivity contribution in [3.63, 3.8) is 0 Å². The van der Waals surface area contributed by atoms with Crippen molar-refractivity contribution in [1.29, 1.82) is 0 Å². The maximum atomic E-state index is 13.2. The van der Waals surface area contributed by atoms with E-state index in [9.17, 15) is 14.4 Å². The van der Waals surface area contributed by atoms with Crippen LogP contribution in [0.3, 0.4) is 0 Å². The van der Waals surface area contributed by atoms with Crippen LogP contribution in [0.25, 0.3) is 6.08 Å². The van der Waals surface area contributed by atoms with E-state index in [1.165, 1.54) is 17.4 Å². The minimum atomic E-state index is -0.378. The summed E-state index contributed by atoms with van der Waals surface area (Å²) in [6.45, 7) is 1.72. The molecule has 1 aromatic carbocycles. The Morgan fingerprint density at radius 1 is 1.14 bits per heavy atom. The predicted molar refractivity (Wildman–Crippen MR) is 142 cm³/mol. The molecule has 1 aromatic heterocycles. The summed E-state index contributed by atoms with van der Waals surface area (Å²) in [4.78, 5) is 48.1. The van der Waals surface area contributed by atoms with E-state index in [-0.39, 0.29) is 35.7 Å². The second-order valence-electron chi connectivity index (χ2n) is 9.70. The Kier molecular flexibility index (Phi) is 8.43. The summed E-state index contributed by atoms with van der Waals surface area (Å²) < 4.78 is 0. The van der Waals surface area contributed by atoms with Crippen LogP contribution >= 0.6 is 22.9 Å². The van der Waals surface area contributed by atoms with Gasteiger partial charge in [0.25, 0.3) is 5.91 Å². The average Bonchev–Trinajstić information content (AvgIpc) is 3.27. The summed E-state index contributed by atoms with van der Waals surface area (Å²) in [5.41, 5.74) is 1.85. The lowest BCUT2D eigenvalue weighted by atomic mass is 9.81. The number of aromatic nitrogens is 1. The zero-order chi connectivity index (χ0) is 25.8. The third-order valence-corrected chi connectivity index (χ3v) is 8.03. The topological polar surface area (TPSA) is 94.6 Å². The number of fused-ring (bicyclic) bond motifs is 1. The highest BCUT2D eigenvalue weighted by Gasteiger charge is 2.36. The number of halogens is 1. The summed E-state index contributed by atoms with van der Waals surface area (Å²) in [7, 11) is 5.53. The lowest BCUT2D eigenvalue weighted by molar-refractivity contribution is -0.134. The van der Waals surface area contributed by atoms with Gasteiger partial charge in [-0.15, -0.1) is 11.3 Å². The molecule has 8 nitrogen and oxygen atoms in total. The number of carbonyl (C=O) groups excluding carboxylic acids is 3. The van der Waals surface area contributed by atoms with E-state index in [1.54, 1.807) is 37.2 Å². The molecule has 2 N–H and O–H groups in total. The van der Waals surface area contributed by atoms with E-state index in [4.69, 9.17) is 11.6 Å². The molecule has 2 aliphatic rings. The molecule has 2 heterocycles. The van der Waals surface area contributed by atoms with E-state index in [1.807, 2.05) is 12.1 Å². The summed E-state index contributed by atoms with van der Waals surface area (Å²) in [6, 6.07) is 6.53. The number of likely N-dealkylation sites (N-methyl/N-ethyl adjacent to an activating group) is 1. The molecule has 0 bridgehead atoms. The molecular formula is C26H32ClN5O3S. The number of nitrogens with one attached hydrogen (secondary N) is 2.